The number of halogens is 3. The molecular formula is C11H13F3N2O3S. The van der Waals surface area contributed by atoms with Crippen LogP contribution in [0, 0.1) is 0 Å². The quantitative estimate of drug-likeness (QED) is 0.911. The number of carbonyl (C=O) groups excluding carboxylic acids is 1. The maximum absolute atomic E-state index is 12.3. The highest BCUT2D eigenvalue weighted by atomic mass is 32.2. The van der Waals surface area contributed by atoms with Crippen molar-refractivity contribution in [3.05, 3.63) is 29.8 Å². The largest absolute Gasteiger partial charge is 0.406 e. The van der Waals surface area contributed by atoms with Crippen LogP contribution in [0.1, 0.15) is 17.3 Å². The number of primary sulfonamides is 1. The summed E-state index contributed by atoms with van der Waals surface area (Å²) in [6.07, 6.45) is -4.52. The van der Waals surface area contributed by atoms with Gasteiger partial charge in [-0.2, -0.15) is 13.2 Å². The summed E-state index contributed by atoms with van der Waals surface area (Å²) in [4.78, 5) is 12.2. The summed E-state index contributed by atoms with van der Waals surface area (Å²) in [5, 5.41) is 4.90. The van der Waals surface area contributed by atoms with Gasteiger partial charge in [0.1, 0.15) is 6.54 Å². The van der Waals surface area contributed by atoms with E-state index in [1.165, 1.54) is 19.1 Å². The van der Waals surface area contributed by atoms with Crippen molar-refractivity contribution >= 4 is 15.9 Å². The summed E-state index contributed by atoms with van der Waals surface area (Å²) in [6, 6.07) is 4.59. The Balaban J connectivity index is 3.08. The van der Waals surface area contributed by atoms with Crippen molar-refractivity contribution in [2.75, 3.05) is 13.1 Å². The fourth-order valence-corrected chi connectivity index (χ4v) is 2.09. The van der Waals surface area contributed by atoms with Crippen LogP contribution < -0.4 is 5.14 Å². The lowest BCUT2D eigenvalue weighted by molar-refractivity contribution is -0.140. The molecule has 0 atom stereocenters. The predicted molar refractivity (Wildman–Crippen MR) is 65.4 cm³/mol. The van der Waals surface area contributed by atoms with Gasteiger partial charge in [0.25, 0.3) is 5.91 Å². The number of nitrogens with zero attached hydrogens (tertiary/aromatic N) is 1. The van der Waals surface area contributed by atoms with Crippen molar-refractivity contribution in [2.45, 2.75) is 18.0 Å². The zero-order valence-electron chi connectivity index (χ0n) is 10.5. The van der Waals surface area contributed by atoms with Crippen LogP contribution in [-0.2, 0) is 10.0 Å². The molecule has 0 aromatic heterocycles. The minimum Gasteiger partial charge on any atom is -0.330 e. The number of nitrogens with two attached hydrogens (primary N) is 1. The zero-order chi connectivity index (χ0) is 15.6. The van der Waals surface area contributed by atoms with Gasteiger partial charge in [-0.1, -0.05) is 6.07 Å². The lowest BCUT2D eigenvalue weighted by Crippen LogP contribution is -2.38. The van der Waals surface area contributed by atoms with Gasteiger partial charge in [-0.25, -0.2) is 13.6 Å². The highest BCUT2D eigenvalue weighted by Crippen LogP contribution is 2.19. The molecule has 0 spiro atoms. The predicted octanol–water partition coefficient (Wildman–Crippen LogP) is 1.36. The molecule has 0 heterocycles. The summed E-state index contributed by atoms with van der Waals surface area (Å²) in [7, 11) is -4.02. The van der Waals surface area contributed by atoms with E-state index in [1.54, 1.807) is 0 Å². The van der Waals surface area contributed by atoms with E-state index in [4.69, 9.17) is 5.14 Å². The van der Waals surface area contributed by atoms with Gasteiger partial charge in [0.15, 0.2) is 0 Å². The second-order valence-electron chi connectivity index (χ2n) is 4.01. The Bertz CT molecular complexity index is 599. The van der Waals surface area contributed by atoms with E-state index in [-0.39, 0.29) is 17.0 Å². The maximum atomic E-state index is 12.3. The highest BCUT2D eigenvalue weighted by molar-refractivity contribution is 7.89. The molecule has 0 aliphatic carbocycles. The van der Waals surface area contributed by atoms with Crippen LogP contribution >= 0.6 is 0 Å². The molecule has 112 valence electrons. The number of rotatable bonds is 4. The first-order valence-corrected chi connectivity index (χ1v) is 7.08. The van der Waals surface area contributed by atoms with Crippen LogP contribution in [0.4, 0.5) is 13.2 Å². The minimum absolute atomic E-state index is 0.155. The molecule has 1 aromatic rings. The number of benzene rings is 1. The lowest BCUT2D eigenvalue weighted by Gasteiger charge is -2.22. The Morgan fingerprint density at radius 1 is 1.35 bits per heavy atom. The van der Waals surface area contributed by atoms with E-state index in [0.29, 0.717) is 4.90 Å². The smallest absolute Gasteiger partial charge is 0.330 e. The number of amides is 1. The van der Waals surface area contributed by atoms with Gasteiger partial charge in [-0.05, 0) is 25.1 Å². The Morgan fingerprint density at radius 2 is 1.95 bits per heavy atom. The Hall–Kier alpha value is -1.61. The molecule has 0 aliphatic rings. The first-order chi connectivity index (χ1) is 9.04. The zero-order valence-corrected chi connectivity index (χ0v) is 11.3. The molecule has 1 rings (SSSR count). The summed E-state index contributed by atoms with van der Waals surface area (Å²) in [5.74, 6) is -0.907. The summed E-state index contributed by atoms with van der Waals surface area (Å²) < 4.78 is 59.3. The van der Waals surface area contributed by atoms with Gasteiger partial charge >= 0.3 is 6.18 Å². The number of sulfonamides is 1. The van der Waals surface area contributed by atoms with Crippen molar-refractivity contribution in [2.24, 2.45) is 5.14 Å². The number of carbonyl (C=O) groups is 1. The highest BCUT2D eigenvalue weighted by Gasteiger charge is 2.32. The van der Waals surface area contributed by atoms with Gasteiger partial charge in [-0.15, -0.1) is 0 Å². The third-order valence-corrected chi connectivity index (χ3v) is 3.36. The van der Waals surface area contributed by atoms with Gasteiger partial charge in [-0.3, -0.25) is 4.79 Å². The van der Waals surface area contributed by atoms with E-state index in [0.717, 1.165) is 12.1 Å². The summed E-state index contributed by atoms with van der Waals surface area (Å²) in [6.45, 7) is -0.160. The molecule has 9 heteroatoms. The number of hydrogen-bond acceptors (Lipinski definition) is 3. The first-order valence-electron chi connectivity index (χ1n) is 5.53. The molecule has 0 saturated heterocycles. The maximum Gasteiger partial charge on any atom is 0.406 e. The van der Waals surface area contributed by atoms with Crippen molar-refractivity contribution in [3.8, 4) is 0 Å². The van der Waals surface area contributed by atoms with Gasteiger partial charge in [0.2, 0.25) is 10.0 Å². The average molecular weight is 310 g/mol. The van der Waals surface area contributed by atoms with Gasteiger partial charge in [0, 0.05) is 12.1 Å². The molecule has 5 nitrogen and oxygen atoms in total. The molecule has 0 fully saturated rings. The number of hydrogen-bond donors (Lipinski definition) is 1. The molecule has 0 bridgehead atoms. The molecule has 2 N–H and O–H groups in total. The topological polar surface area (TPSA) is 80.5 Å². The third kappa shape index (κ3) is 4.49. The molecule has 0 saturated carbocycles. The van der Waals surface area contributed by atoms with Crippen molar-refractivity contribution < 1.29 is 26.4 Å². The van der Waals surface area contributed by atoms with Gasteiger partial charge in [0.05, 0.1) is 4.90 Å². The third-order valence-electron chi connectivity index (χ3n) is 2.45. The SMILES string of the molecule is CCN(CC(F)(F)F)C(=O)c1cccc(S(N)(=O)=O)c1. The molecule has 0 unspecified atom stereocenters. The second kappa shape index (κ2) is 5.80. The van der Waals surface area contributed by atoms with E-state index in [9.17, 15) is 26.4 Å². The molecule has 1 aromatic carbocycles. The van der Waals surface area contributed by atoms with Crippen molar-refractivity contribution in [1.29, 1.82) is 0 Å². The second-order valence-corrected chi connectivity index (χ2v) is 5.57. The van der Waals surface area contributed by atoms with Crippen molar-refractivity contribution in [1.82, 2.24) is 4.90 Å². The normalized spacial score (nSPS) is 12.2. The van der Waals surface area contributed by atoms with E-state index >= 15 is 0 Å². The van der Waals surface area contributed by atoms with Crippen LogP contribution in [-0.4, -0.2) is 38.5 Å². The molecule has 1 amide bonds. The van der Waals surface area contributed by atoms with E-state index in [2.05, 4.69) is 0 Å². The lowest BCUT2D eigenvalue weighted by atomic mass is 10.2. The Morgan fingerprint density at radius 3 is 2.40 bits per heavy atom. The Kier molecular flexibility index (Phi) is 4.77. The number of alkyl halides is 3. The van der Waals surface area contributed by atoms with Crippen LogP contribution in [0.3, 0.4) is 0 Å². The molecule has 0 aliphatic heterocycles. The fraction of sp³-hybridized carbons (Fsp3) is 0.364. The molecule has 0 radical (unpaired) electrons. The average Bonchev–Trinajstić information content (AvgIpc) is 2.33. The summed E-state index contributed by atoms with van der Waals surface area (Å²) in [5.41, 5.74) is -0.164. The van der Waals surface area contributed by atoms with Crippen LogP contribution in [0.5, 0.6) is 0 Å². The van der Waals surface area contributed by atoms with Gasteiger partial charge < -0.3 is 4.90 Å². The molecule has 20 heavy (non-hydrogen) atoms. The minimum atomic E-state index is -4.52. The molecular weight excluding hydrogens is 297 g/mol. The fourth-order valence-electron chi connectivity index (χ4n) is 1.53. The van der Waals surface area contributed by atoms with Crippen LogP contribution in [0.15, 0.2) is 29.2 Å². The van der Waals surface area contributed by atoms with Crippen LogP contribution in [0.25, 0.3) is 0 Å². The van der Waals surface area contributed by atoms with Crippen molar-refractivity contribution in [3.63, 3.8) is 0 Å². The standard InChI is InChI=1S/C11H13F3N2O3S/c1-2-16(7-11(12,13)14)10(17)8-4-3-5-9(6-8)20(15,18)19/h3-6H,2,7H2,1H3,(H2,15,18,19). The monoisotopic (exact) mass is 310 g/mol. The van der Waals surface area contributed by atoms with Crippen LogP contribution in [0.2, 0.25) is 0 Å². The summed E-state index contributed by atoms with van der Waals surface area (Å²) >= 11 is 0. The first kappa shape index (κ1) is 16.4. The Labute approximate surface area is 114 Å². The van der Waals surface area contributed by atoms with E-state index < -0.39 is 28.7 Å². The van der Waals surface area contributed by atoms with E-state index in [1.807, 2.05) is 0 Å².